The van der Waals surface area contributed by atoms with Gasteiger partial charge in [-0.2, -0.15) is 5.10 Å². The van der Waals surface area contributed by atoms with E-state index in [-0.39, 0.29) is 0 Å². The first-order valence-corrected chi connectivity index (χ1v) is 8.81. The van der Waals surface area contributed by atoms with Gasteiger partial charge >= 0.3 is 0 Å². The molecule has 0 amide bonds. The Morgan fingerprint density at radius 3 is 2.86 bits per heavy atom. The molecule has 5 heteroatoms. The summed E-state index contributed by atoms with van der Waals surface area (Å²) in [5.74, 6) is 0. The van der Waals surface area contributed by atoms with E-state index in [0.717, 1.165) is 30.2 Å². The fraction of sp³-hybridized carbons (Fsp3) is 0.562. The summed E-state index contributed by atoms with van der Waals surface area (Å²) in [5, 5.41) is 10.9. The van der Waals surface area contributed by atoms with E-state index >= 15 is 0 Å². The number of hydrogen-bond donors (Lipinski definition) is 1. The largest absolute Gasteiger partial charge is 0.314 e. The van der Waals surface area contributed by atoms with Crippen LogP contribution < -0.4 is 5.32 Å². The first-order valence-electron chi connectivity index (χ1n) is 7.55. The number of aromatic nitrogens is 2. The second kappa shape index (κ2) is 7.97. The molecule has 2 aromatic heterocycles. The topological polar surface area (TPSA) is 29.9 Å². The van der Waals surface area contributed by atoms with Gasteiger partial charge in [0.05, 0.1) is 5.69 Å². The highest BCUT2D eigenvalue weighted by Gasteiger charge is 2.16. The number of aryl methyl sites for hydroxylation is 3. The van der Waals surface area contributed by atoms with Gasteiger partial charge in [0.15, 0.2) is 0 Å². The molecular weight excluding hydrogens is 302 g/mol. The van der Waals surface area contributed by atoms with E-state index in [0.29, 0.717) is 6.04 Å². The molecule has 0 fully saturated rings. The monoisotopic (exact) mass is 325 g/mol. The normalized spacial score (nSPS) is 12.8. The maximum absolute atomic E-state index is 6.35. The van der Waals surface area contributed by atoms with Crippen LogP contribution in [-0.4, -0.2) is 22.4 Å². The van der Waals surface area contributed by atoms with Gasteiger partial charge in [0.2, 0.25) is 0 Å². The Balaban J connectivity index is 1.92. The summed E-state index contributed by atoms with van der Waals surface area (Å²) in [6.07, 6.45) is 4.49. The predicted molar refractivity (Wildman–Crippen MR) is 91.4 cm³/mol. The van der Waals surface area contributed by atoms with Gasteiger partial charge in [0.1, 0.15) is 5.15 Å². The number of thiophene rings is 1. The average molecular weight is 326 g/mol. The fourth-order valence-electron chi connectivity index (χ4n) is 2.69. The molecule has 1 unspecified atom stereocenters. The van der Waals surface area contributed by atoms with Crippen molar-refractivity contribution in [2.45, 2.75) is 45.6 Å². The standard InChI is InChI=1S/C16H24ClN3S/c1-4-18-13(7-5-8-14-9-6-10-21-14)11-15-12(2)19-20(3)16(15)17/h6,9-10,13,18H,4-5,7-8,11H2,1-3H3. The van der Waals surface area contributed by atoms with E-state index in [4.69, 9.17) is 11.6 Å². The SMILES string of the molecule is CCNC(CCCc1cccs1)Cc1c(C)nn(C)c1Cl. The maximum atomic E-state index is 6.35. The Labute approximate surface area is 136 Å². The van der Waals surface area contributed by atoms with Crippen LogP contribution >= 0.6 is 22.9 Å². The highest BCUT2D eigenvalue weighted by Crippen LogP contribution is 2.22. The molecule has 2 rings (SSSR count). The molecule has 0 saturated carbocycles. The Bertz CT molecular complexity index is 548. The van der Waals surface area contributed by atoms with Gasteiger partial charge < -0.3 is 5.32 Å². The second-order valence-electron chi connectivity index (χ2n) is 5.41. The number of nitrogens with one attached hydrogen (secondary N) is 1. The van der Waals surface area contributed by atoms with Crippen molar-refractivity contribution in [1.29, 1.82) is 0 Å². The smallest absolute Gasteiger partial charge is 0.130 e. The lowest BCUT2D eigenvalue weighted by molar-refractivity contribution is 0.476. The fourth-order valence-corrected chi connectivity index (χ4v) is 3.70. The third-order valence-corrected chi connectivity index (χ3v) is 5.18. The lowest BCUT2D eigenvalue weighted by Gasteiger charge is -2.17. The van der Waals surface area contributed by atoms with Gasteiger partial charge in [0, 0.05) is 23.5 Å². The van der Waals surface area contributed by atoms with Crippen LogP contribution in [0.25, 0.3) is 0 Å². The van der Waals surface area contributed by atoms with Crippen molar-refractivity contribution in [2.24, 2.45) is 7.05 Å². The summed E-state index contributed by atoms with van der Waals surface area (Å²) in [7, 11) is 1.90. The second-order valence-corrected chi connectivity index (χ2v) is 6.80. The number of rotatable bonds is 8. The van der Waals surface area contributed by atoms with E-state index in [1.165, 1.54) is 23.3 Å². The minimum absolute atomic E-state index is 0.468. The van der Waals surface area contributed by atoms with Gasteiger partial charge in [-0.25, -0.2) is 0 Å². The van der Waals surface area contributed by atoms with E-state index in [1.807, 2.05) is 25.3 Å². The Morgan fingerprint density at radius 2 is 2.29 bits per heavy atom. The minimum atomic E-state index is 0.468. The molecule has 1 N–H and O–H groups in total. The summed E-state index contributed by atoms with van der Waals surface area (Å²) in [6, 6.07) is 4.81. The van der Waals surface area contributed by atoms with Crippen molar-refractivity contribution >= 4 is 22.9 Å². The third kappa shape index (κ3) is 4.56. The first kappa shape index (κ1) is 16.5. The van der Waals surface area contributed by atoms with Gasteiger partial charge in [-0.05, 0) is 50.6 Å². The Hall–Kier alpha value is -0.840. The van der Waals surface area contributed by atoms with Crippen molar-refractivity contribution in [3.8, 4) is 0 Å². The molecule has 0 aliphatic rings. The molecule has 1 atom stereocenters. The van der Waals surface area contributed by atoms with Crippen LogP contribution in [0.3, 0.4) is 0 Å². The molecule has 2 heterocycles. The lowest BCUT2D eigenvalue weighted by Crippen LogP contribution is -2.31. The zero-order valence-corrected chi connectivity index (χ0v) is 14.6. The van der Waals surface area contributed by atoms with Gasteiger partial charge in [-0.3, -0.25) is 4.68 Å². The number of likely N-dealkylation sites (N-methyl/N-ethyl adjacent to an activating group) is 1. The van der Waals surface area contributed by atoms with Gasteiger partial charge in [0.25, 0.3) is 0 Å². The Morgan fingerprint density at radius 1 is 1.48 bits per heavy atom. The third-order valence-electron chi connectivity index (χ3n) is 3.77. The molecule has 116 valence electrons. The van der Waals surface area contributed by atoms with Crippen molar-refractivity contribution in [3.63, 3.8) is 0 Å². The van der Waals surface area contributed by atoms with Crippen LogP contribution in [0.1, 0.15) is 35.9 Å². The van der Waals surface area contributed by atoms with Crippen LogP contribution in [0.2, 0.25) is 5.15 Å². The zero-order valence-electron chi connectivity index (χ0n) is 13.0. The van der Waals surface area contributed by atoms with Crippen LogP contribution in [0.5, 0.6) is 0 Å². The number of nitrogens with zero attached hydrogens (tertiary/aromatic N) is 2. The molecule has 0 aliphatic heterocycles. The molecule has 21 heavy (non-hydrogen) atoms. The molecule has 0 aromatic carbocycles. The highest BCUT2D eigenvalue weighted by molar-refractivity contribution is 7.09. The number of halogens is 1. The molecule has 0 saturated heterocycles. The zero-order chi connectivity index (χ0) is 15.2. The molecule has 3 nitrogen and oxygen atoms in total. The summed E-state index contributed by atoms with van der Waals surface area (Å²) >= 11 is 8.19. The van der Waals surface area contributed by atoms with E-state index < -0.39 is 0 Å². The average Bonchev–Trinajstić information content (AvgIpc) is 3.03. The molecule has 2 aromatic rings. The highest BCUT2D eigenvalue weighted by atomic mass is 35.5. The molecule has 0 spiro atoms. The van der Waals surface area contributed by atoms with Crippen LogP contribution in [-0.2, 0) is 19.9 Å². The minimum Gasteiger partial charge on any atom is -0.314 e. The van der Waals surface area contributed by atoms with Gasteiger partial charge in [-0.1, -0.05) is 24.6 Å². The van der Waals surface area contributed by atoms with Crippen molar-refractivity contribution in [2.75, 3.05) is 6.54 Å². The van der Waals surface area contributed by atoms with E-state index in [9.17, 15) is 0 Å². The molecule has 0 bridgehead atoms. The van der Waals surface area contributed by atoms with Gasteiger partial charge in [-0.15, -0.1) is 11.3 Å². The van der Waals surface area contributed by atoms with Crippen molar-refractivity contribution in [3.05, 3.63) is 38.8 Å². The summed E-state index contributed by atoms with van der Waals surface area (Å²) < 4.78 is 1.76. The first-order chi connectivity index (χ1) is 10.1. The quantitative estimate of drug-likeness (QED) is 0.795. The lowest BCUT2D eigenvalue weighted by atomic mass is 10.0. The summed E-state index contributed by atoms with van der Waals surface area (Å²) in [6.45, 7) is 5.18. The van der Waals surface area contributed by atoms with Crippen molar-refractivity contribution < 1.29 is 0 Å². The molecule has 0 radical (unpaired) electrons. The predicted octanol–water partition coefficient (Wildman–Crippen LogP) is 3.99. The van der Waals surface area contributed by atoms with Crippen LogP contribution in [0, 0.1) is 6.92 Å². The van der Waals surface area contributed by atoms with Crippen LogP contribution in [0.4, 0.5) is 0 Å². The molecular formula is C16H24ClN3S. The van der Waals surface area contributed by atoms with E-state index in [2.05, 4.69) is 34.9 Å². The van der Waals surface area contributed by atoms with E-state index in [1.54, 1.807) is 4.68 Å². The Kier molecular flexibility index (Phi) is 6.27. The summed E-state index contributed by atoms with van der Waals surface area (Å²) in [4.78, 5) is 1.47. The van der Waals surface area contributed by atoms with Crippen LogP contribution in [0.15, 0.2) is 17.5 Å². The molecule has 0 aliphatic carbocycles. The maximum Gasteiger partial charge on any atom is 0.130 e. The number of hydrogen-bond acceptors (Lipinski definition) is 3. The van der Waals surface area contributed by atoms with Crippen molar-refractivity contribution in [1.82, 2.24) is 15.1 Å². The summed E-state index contributed by atoms with van der Waals surface area (Å²) in [5.41, 5.74) is 2.23.